The lowest BCUT2D eigenvalue weighted by atomic mass is 10.2. The first-order valence-corrected chi connectivity index (χ1v) is 6.00. The lowest BCUT2D eigenvalue weighted by molar-refractivity contribution is 0.324. The van der Waals surface area contributed by atoms with E-state index in [0.29, 0.717) is 23.3 Å². The first kappa shape index (κ1) is 13.7. The molecule has 5 heteroatoms. The molecule has 0 saturated heterocycles. The van der Waals surface area contributed by atoms with Crippen LogP contribution in [0.15, 0.2) is 6.07 Å². The fraction of sp³-hybridized carbons (Fsp3) is 0.545. The van der Waals surface area contributed by atoms with Crippen molar-refractivity contribution in [2.24, 2.45) is 5.73 Å². The first-order chi connectivity index (χ1) is 7.54. The minimum Gasteiger partial charge on any atom is -0.330 e. The molecule has 0 atom stereocenters. The van der Waals surface area contributed by atoms with Crippen LogP contribution in [0.1, 0.15) is 17.7 Å². The van der Waals surface area contributed by atoms with Crippen LogP contribution < -0.4 is 5.73 Å². The third-order valence-electron chi connectivity index (χ3n) is 2.32. The van der Waals surface area contributed by atoms with Gasteiger partial charge in [0.15, 0.2) is 0 Å². The van der Waals surface area contributed by atoms with Gasteiger partial charge in [-0.05, 0) is 39.5 Å². The van der Waals surface area contributed by atoms with Gasteiger partial charge in [0.05, 0.1) is 0 Å². The number of aryl methyl sites for hydroxylation is 1. The number of hydrogen-bond acceptors (Lipinski definition) is 3. The summed E-state index contributed by atoms with van der Waals surface area (Å²) in [5.41, 5.74) is 7.18. The number of nitrogens with two attached hydrogens (primary N) is 1. The van der Waals surface area contributed by atoms with Crippen LogP contribution in [0.25, 0.3) is 0 Å². The summed E-state index contributed by atoms with van der Waals surface area (Å²) in [4.78, 5) is 6.33. The molecule has 0 aliphatic rings. The van der Waals surface area contributed by atoms with Crippen molar-refractivity contribution in [3.63, 3.8) is 0 Å². The lowest BCUT2D eigenvalue weighted by Gasteiger charge is -2.17. The third kappa shape index (κ3) is 3.91. The Labute approximate surface area is 107 Å². The summed E-state index contributed by atoms with van der Waals surface area (Å²) in [6.07, 6.45) is 0.963. The fourth-order valence-electron chi connectivity index (χ4n) is 1.47. The summed E-state index contributed by atoms with van der Waals surface area (Å²) >= 11 is 12.2. The quantitative estimate of drug-likeness (QED) is 0.829. The van der Waals surface area contributed by atoms with Crippen LogP contribution >= 0.6 is 23.2 Å². The van der Waals surface area contributed by atoms with E-state index in [1.54, 1.807) is 0 Å². The topological polar surface area (TPSA) is 42.1 Å². The number of rotatable bonds is 5. The van der Waals surface area contributed by atoms with Crippen molar-refractivity contribution >= 4 is 23.2 Å². The summed E-state index contributed by atoms with van der Waals surface area (Å²) in [6.45, 7) is 4.19. The molecule has 1 heterocycles. The SMILES string of the molecule is Cc1cc(Cl)c(CN(C)CCCN)c(Cl)n1. The van der Waals surface area contributed by atoms with Crippen molar-refractivity contribution in [1.82, 2.24) is 9.88 Å². The Morgan fingerprint density at radius 3 is 2.69 bits per heavy atom. The normalized spacial score (nSPS) is 11.1. The van der Waals surface area contributed by atoms with Crippen LogP contribution in [0.2, 0.25) is 10.2 Å². The maximum absolute atomic E-state index is 6.14. The highest BCUT2D eigenvalue weighted by molar-refractivity contribution is 6.35. The zero-order chi connectivity index (χ0) is 12.1. The third-order valence-corrected chi connectivity index (χ3v) is 2.97. The van der Waals surface area contributed by atoms with Gasteiger partial charge in [-0.3, -0.25) is 0 Å². The minimum absolute atomic E-state index is 0.490. The molecule has 0 unspecified atom stereocenters. The Kier molecular flexibility index (Phi) is 5.49. The highest BCUT2D eigenvalue weighted by Crippen LogP contribution is 2.24. The van der Waals surface area contributed by atoms with E-state index in [4.69, 9.17) is 28.9 Å². The van der Waals surface area contributed by atoms with Gasteiger partial charge in [0.1, 0.15) is 5.15 Å². The number of halogens is 2. The maximum Gasteiger partial charge on any atom is 0.135 e. The van der Waals surface area contributed by atoms with Crippen molar-refractivity contribution < 1.29 is 0 Å². The predicted octanol–water partition coefficient (Wildman–Crippen LogP) is 2.48. The summed E-state index contributed by atoms with van der Waals surface area (Å²) in [7, 11) is 2.02. The molecule has 16 heavy (non-hydrogen) atoms. The molecule has 0 aliphatic heterocycles. The van der Waals surface area contributed by atoms with Gasteiger partial charge in [-0.1, -0.05) is 23.2 Å². The van der Waals surface area contributed by atoms with Gasteiger partial charge < -0.3 is 10.6 Å². The molecule has 0 amide bonds. The minimum atomic E-state index is 0.490. The van der Waals surface area contributed by atoms with E-state index in [9.17, 15) is 0 Å². The van der Waals surface area contributed by atoms with E-state index in [1.165, 1.54) is 0 Å². The maximum atomic E-state index is 6.14. The standard InChI is InChI=1S/C11H17Cl2N3/c1-8-6-10(12)9(11(13)15-8)7-16(2)5-3-4-14/h6H,3-5,7,14H2,1-2H3. The van der Waals surface area contributed by atoms with Crippen molar-refractivity contribution in [1.29, 1.82) is 0 Å². The highest BCUT2D eigenvalue weighted by atomic mass is 35.5. The van der Waals surface area contributed by atoms with Gasteiger partial charge in [-0.2, -0.15) is 0 Å². The van der Waals surface area contributed by atoms with E-state index in [-0.39, 0.29) is 0 Å². The molecule has 0 saturated carbocycles. The van der Waals surface area contributed by atoms with Gasteiger partial charge in [0, 0.05) is 22.8 Å². The highest BCUT2D eigenvalue weighted by Gasteiger charge is 2.10. The van der Waals surface area contributed by atoms with Crippen molar-refractivity contribution in [2.75, 3.05) is 20.1 Å². The summed E-state index contributed by atoms with van der Waals surface area (Å²) in [6, 6.07) is 1.83. The Bertz CT molecular complexity index is 332. The van der Waals surface area contributed by atoms with Gasteiger partial charge in [-0.15, -0.1) is 0 Å². The second kappa shape index (κ2) is 6.40. The molecule has 90 valence electrons. The predicted molar refractivity (Wildman–Crippen MR) is 69.0 cm³/mol. The van der Waals surface area contributed by atoms with Crippen molar-refractivity contribution in [3.05, 3.63) is 27.5 Å². The Balaban J connectivity index is 2.73. The number of nitrogens with zero attached hydrogens (tertiary/aromatic N) is 2. The summed E-state index contributed by atoms with van der Waals surface area (Å²) in [5.74, 6) is 0. The van der Waals surface area contributed by atoms with E-state index in [0.717, 1.165) is 24.2 Å². The molecule has 1 aromatic heterocycles. The molecule has 0 aliphatic carbocycles. The fourth-order valence-corrected chi connectivity index (χ4v) is 2.12. The molecule has 1 rings (SSSR count). The second-order valence-corrected chi connectivity index (χ2v) is 4.66. The van der Waals surface area contributed by atoms with Gasteiger partial charge in [0.25, 0.3) is 0 Å². The molecular weight excluding hydrogens is 245 g/mol. The van der Waals surface area contributed by atoms with Crippen LogP contribution in [0, 0.1) is 6.92 Å². The second-order valence-electron chi connectivity index (χ2n) is 3.89. The molecule has 0 bridgehead atoms. The van der Waals surface area contributed by atoms with Crippen LogP contribution in [0.4, 0.5) is 0 Å². The van der Waals surface area contributed by atoms with Crippen molar-refractivity contribution in [2.45, 2.75) is 19.9 Å². The van der Waals surface area contributed by atoms with Gasteiger partial charge in [-0.25, -0.2) is 4.98 Å². The van der Waals surface area contributed by atoms with E-state index < -0.39 is 0 Å². The smallest absolute Gasteiger partial charge is 0.135 e. The number of hydrogen-bond donors (Lipinski definition) is 1. The molecule has 1 aromatic rings. The average Bonchev–Trinajstić information content (AvgIpc) is 2.20. The molecule has 3 nitrogen and oxygen atoms in total. The molecular formula is C11H17Cl2N3. The van der Waals surface area contributed by atoms with Gasteiger partial charge >= 0.3 is 0 Å². The zero-order valence-electron chi connectivity index (χ0n) is 9.63. The van der Waals surface area contributed by atoms with Gasteiger partial charge in [0.2, 0.25) is 0 Å². The lowest BCUT2D eigenvalue weighted by Crippen LogP contribution is -2.21. The Morgan fingerprint density at radius 1 is 1.44 bits per heavy atom. The van der Waals surface area contributed by atoms with Crippen molar-refractivity contribution in [3.8, 4) is 0 Å². The Morgan fingerprint density at radius 2 is 2.12 bits per heavy atom. The van der Waals surface area contributed by atoms with E-state index in [1.807, 2.05) is 20.0 Å². The van der Waals surface area contributed by atoms with Crippen LogP contribution in [0.3, 0.4) is 0 Å². The summed E-state index contributed by atoms with van der Waals surface area (Å²) < 4.78 is 0. The Hall–Kier alpha value is -0.350. The van der Waals surface area contributed by atoms with Crippen LogP contribution in [-0.4, -0.2) is 30.0 Å². The average molecular weight is 262 g/mol. The summed E-state index contributed by atoms with van der Waals surface area (Å²) in [5, 5.41) is 1.17. The molecule has 0 aromatic carbocycles. The molecule has 0 fully saturated rings. The molecule has 2 N–H and O–H groups in total. The largest absolute Gasteiger partial charge is 0.330 e. The number of aromatic nitrogens is 1. The monoisotopic (exact) mass is 261 g/mol. The first-order valence-electron chi connectivity index (χ1n) is 5.24. The van der Waals surface area contributed by atoms with E-state index in [2.05, 4.69) is 9.88 Å². The zero-order valence-corrected chi connectivity index (χ0v) is 11.1. The molecule has 0 spiro atoms. The van der Waals surface area contributed by atoms with Crippen LogP contribution in [0.5, 0.6) is 0 Å². The van der Waals surface area contributed by atoms with E-state index >= 15 is 0 Å². The molecule has 0 radical (unpaired) electrons. The number of pyridine rings is 1. The van der Waals surface area contributed by atoms with Crippen LogP contribution in [-0.2, 0) is 6.54 Å².